The molecule has 0 aliphatic rings. The van der Waals surface area contributed by atoms with Crippen LogP contribution in [0.5, 0.6) is 0 Å². The van der Waals surface area contributed by atoms with Crippen molar-refractivity contribution in [2.75, 3.05) is 6.54 Å². The third kappa shape index (κ3) is 3.64. The van der Waals surface area contributed by atoms with Crippen LogP contribution in [-0.2, 0) is 4.79 Å². The molecule has 12 heavy (non-hydrogen) atoms. The van der Waals surface area contributed by atoms with Gasteiger partial charge in [-0.1, -0.05) is 39.3 Å². The second kappa shape index (κ2) is 3.85. The Morgan fingerprint density at radius 2 is 1.33 bits per heavy atom. The van der Waals surface area contributed by atoms with Crippen LogP contribution < -0.4 is 0 Å². The summed E-state index contributed by atoms with van der Waals surface area (Å²) in [5.74, 6) is 0. The number of rotatable bonds is 4. The topological polar surface area (TPSA) is 20.3 Å². The summed E-state index contributed by atoms with van der Waals surface area (Å²) in [5, 5.41) is 0. The first-order valence-electron chi connectivity index (χ1n) is 4.41. The van der Waals surface area contributed by atoms with Crippen molar-refractivity contribution in [1.29, 1.82) is 0 Å². The van der Waals surface area contributed by atoms with Crippen LogP contribution in [0, 0.1) is 0 Å². The van der Waals surface area contributed by atoms with Crippen molar-refractivity contribution in [1.82, 2.24) is 4.23 Å². The molecule has 0 radical (unpaired) electrons. The van der Waals surface area contributed by atoms with E-state index in [2.05, 4.69) is 43.5 Å². The molecule has 0 heterocycles. The fourth-order valence-corrected chi connectivity index (χ4v) is 10.9. The fraction of sp³-hybridized carbons (Fsp3) is 0.875. The second-order valence-corrected chi connectivity index (χ2v) is 15.3. The van der Waals surface area contributed by atoms with Gasteiger partial charge in [0, 0.05) is 6.54 Å². The van der Waals surface area contributed by atoms with Crippen LogP contribution in [0.15, 0.2) is 0 Å². The predicted octanol–water partition coefficient (Wildman–Crippen LogP) is 2.16. The zero-order valence-corrected chi connectivity index (χ0v) is 11.1. The molecule has 0 bridgehead atoms. The lowest BCUT2D eigenvalue weighted by atomic mass is 10.8. The molecule has 0 spiro atoms. The molecule has 4 heteroatoms. The van der Waals surface area contributed by atoms with Crippen molar-refractivity contribution in [3.8, 4) is 0 Å². The molecule has 0 aromatic rings. The van der Waals surface area contributed by atoms with Gasteiger partial charge in [0.05, 0.1) is 0 Å². The number of carbonyl (C=O) groups is 1. The molecule has 0 N–H and O–H groups in total. The molecule has 0 aromatic heterocycles. The standard InChI is InChI=1S/C8H21NOSi2/c1-11(2,3)9(7-8-10)12(4,5)6/h8H,7H2,1-6H3. The molecule has 0 amide bonds. The maximum Gasteiger partial charge on any atom is 0.132 e. The summed E-state index contributed by atoms with van der Waals surface area (Å²) in [6.45, 7) is 14.4. The van der Waals surface area contributed by atoms with E-state index in [1.54, 1.807) is 0 Å². The Morgan fingerprint density at radius 3 is 1.42 bits per heavy atom. The first kappa shape index (κ1) is 12.1. The minimum Gasteiger partial charge on any atom is -0.340 e. The molecule has 0 unspecified atom stereocenters. The molecule has 2 nitrogen and oxygen atoms in total. The zero-order valence-electron chi connectivity index (χ0n) is 9.14. The van der Waals surface area contributed by atoms with Crippen LogP contribution in [0.4, 0.5) is 0 Å². The number of nitrogens with zero attached hydrogens (tertiary/aromatic N) is 1. The molecule has 0 saturated carbocycles. The molecule has 0 aromatic carbocycles. The summed E-state index contributed by atoms with van der Waals surface area (Å²) in [4.78, 5) is 10.5. The third-order valence-corrected chi connectivity index (χ3v) is 9.51. The molecule has 0 fully saturated rings. The van der Waals surface area contributed by atoms with Gasteiger partial charge in [-0.2, -0.15) is 0 Å². The van der Waals surface area contributed by atoms with E-state index in [9.17, 15) is 4.79 Å². The summed E-state index contributed by atoms with van der Waals surface area (Å²) in [7, 11) is -2.56. The van der Waals surface area contributed by atoms with Gasteiger partial charge in [0.25, 0.3) is 0 Å². The molecular formula is C8H21NOSi2. The predicted molar refractivity (Wildman–Crippen MR) is 59.5 cm³/mol. The number of aldehydes is 1. The van der Waals surface area contributed by atoms with E-state index in [0.29, 0.717) is 6.54 Å². The Balaban J connectivity index is 4.56. The second-order valence-electron chi connectivity index (χ2n) is 5.12. The van der Waals surface area contributed by atoms with E-state index >= 15 is 0 Å². The normalized spacial score (nSPS) is 13.6. The highest BCUT2D eigenvalue weighted by Gasteiger charge is 2.33. The van der Waals surface area contributed by atoms with Gasteiger partial charge in [0.15, 0.2) is 0 Å². The number of hydrogen-bond donors (Lipinski definition) is 0. The Labute approximate surface area is 78.1 Å². The van der Waals surface area contributed by atoms with Crippen LogP contribution in [0.2, 0.25) is 39.3 Å². The Hall–Kier alpha value is 0.0638. The summed E-state index contributed by atoms with van der Waals surface area (Å²) < 4.78 is 2.47. The van der Waals surface area contributed by atoms with Gasteiger partial charge in [-0.3, -0.25) is 0 Å². The van der Waals surface area contributed by atoms with Crippen LogP contribution in [0.3, 0.4) is 0 Å². The average molecular weight is 203 g/mol. The van der Waals surface area contributed by atoms with E-state index < -0.39 is 16.5 Å². The maximum atomic E-state index is 10.5. The van der Waals surface area contributed by atoms with Gasteiger partial charge in [0.2, 0.25) is 0 Å². The van der Waals surface area contributed by atoms with Crippen LogP contribution in [0.1, 0.15) is 0 Å². The molecule has 0 atom stereocenters. The van der Waals surface area contributed by atoms with Gasteiger partial charge < -0.3 is 9.03 Å². The quantitative estimate of drug-likeness (QED) is 0.515. The summed E-state index contributed by atoms with van der Waals surface area (Å²) in [5.41, 5.74) is 0. The first-order valence-corrected chi connectivity index (χ1v) is 11.3. The van der Waals surface area contributed by atoms with Crippen LogP contribution in [0.25, 0.3) is 0 Å². The van der Waals surface area contributed by atoms with Gasteiger partial charge in [-0.15, -0.1) is 0 Å². The van der Waals surface area contributed by atoms with E-state index in [-0.39, 0.29) is 0 Å². The molecule has 0 rings (SSSR count). The first-order chi connectivity index (χ1) is 5.19. The van der Waals surface area contributed by atoms with Gasteiger partial charge in [-0.05, 0) is 0 Å². The lowest BCUT2D eigenvalue weighted by molar-refractivity contribution is -0.107. The van der Waals surface area contributed by atoms with Crippen molar-refractivity contribution in [3.63, 3.8) is 0 Å². The third-order valence-electron chi connectivity index (χ3n) is 1.88. The smallest absolute Gasteiger partial charge is 0.132 e. The van der Waals surface area contributed by atoms with Crippen LogP contribution >= 0.6 is 0 Å². The maximum absolute atomic E-state index is 10.5. The monoisotopic (exact) mass is 203 g/mol. The van der Waals surface area contributed by atoms with E-state index in [0.717, 1.165) is 6.29 Å². The fourth-order valence-electron chi connectivity index (χ4n) is 1.63. The molecule has 72 valence electrons. The van der Waals surface area contributed by atoms with Gasteiger partial charge >= 0.3 is 0 Å². The van der Waals surface area contributed by atoms with Crippen molar-refractivity contribution in [3.05, 3.63) is 0 Å². The SMILES string of the molecule is C[Si](C)(C)N(CC=O)[Si](C)(C)C. The lowest BCUT2D eigenvalue weighted by Crippen LogP contribution is -2.59. The van der Waals surface area contributed by atoms with Crippen molar-refractivity contribution >= 4 is 22.8 Å². The summed E-state index contributed by atoms with van der Waals surface area (Å²) in [6.07, 6.45) is 1.04. The van der Waals surface area contributed by atoms with Crippen LogP contribution in [-0.4, -0.2) is 33.5 Å². The number of carbonyl (C=O) groups excluding carboxylic acids is 1. The minimum absolute atomic E-state index is 0.630. The Kier molecular flexibility index (Phi) is 3.87. The molecular weight excluding hydrogens is 182 g/mol. The average Bonchev–Trinajstić information content (AvgIpc) is 1.77. The van der Waals surface area contributed by atoms with Crippen molar-refractivity contribution in [2.45, 2.75) is 39.3 Å². The van der Waals surface area contributed by atoms with Crippen molar-refractivity contribution < 1.29 is 4.79 Å². The summed E-state index contributed by atoms with van der Waals surface area (Å²) >= 11 is 0. The highest BCUT2D eigenvalue weighted by Crippen LogP contribution is 2.18. The van der Waals surface area contributed by atoms with E-state index in [4.69, 9.17) is 0 Å². The van der Waals surface area contributed by atoms with E-state index in [1.807, 2.05) is 0 Å². The molecule has 0 saturated heterocycles. The van der Waals surface area contributed by atoms with Gasteiger partial charge in [-0.25, -0.2) is 0 Å². The number of hydrogen-bond acceptors (Lipinski definition) is 2. The van der Waals surface area contributed by atoms with E-state index in [1.165, 1.54) is 0 Å². The Morgan fingerprint density at radius 1 is 1.00 bits per heavy atom. The van der Waals surface area contributed by atoms with Crippen molar-refractivity contribution in [2.24, 2.45) is 0 Å². The zero-order chi connectivity index (χ0) is 9.99. The lowest BCUT2D eigenvalue weighted by Gasteiger charge is -2.42. The highest BCUT2D eigenvalue weighted by atomic mass is 28.4. The molecule has 0 aliphatic carbocycles. The Bertz CT molecular complexity index is 143. The molecule has 0 aliphatic heterocycles. The highest BCUT2D eigenvalue weighted by molar-refractivity contribution is 6.89. The minimum atomic E-state index is -1.28. The van der Waals surface area contributed by atoms with Gasteiger partial charge in [0.1, 0.15) is 22.8 Å². The summed E-state index contributed by atoms with van der Waals surface area (Å²) in [6, 6.07) is 0. The largest absolute Gasteiger partial charge is 0.340 e.